The van der Waals surface area contributed by atoms with Crippen LogP contribution >= 0.6 is 0 Å². The van der Waals surface area contributed by atoms with Gasteiger partial charge in [0.15, 0.2) is 0 Å². The molecule has 0 aromatic carbocycles. The number of anilines is 1. The van der Waals surface area contributed by atoms with Gasteiger partial charge in [-0.25, -0.2) is 4.98 Å². The SMILES string of the molecule is CCc1cc(CNC)cc(N2CCCC3CCCC32)n1. The van der Waals surface area contributed by atoms with Crippen molar-refractivity contribution in [3.05, 3.63) is 23.4 Å². The van der Waals surface area contributed by atoms with Crippen LogP contribution in [-0.2, 0) is 13.0 Å². The van der Waals surface area contributed by atoms with Crippen LogP contribution < -0.4 is 10.2 Å². The zero-order chi connectivity index (χ0) is 13.9. The molecule has 0 bridgehead atoms. The minimum absolute atomic E-state index is 0.755. The van der Waals surface area contributed by atoms with E-state index in [2.05, 4.69) is 29.3 Å². The lowest BCUT2D eigenvalue weighted by Gasteiger charge is -2.39. The minimum atomic E-state index is 0.755. The van der Waals surface area contributed by atoms with E-state index in [1.54, 1.807) is 0 Å². The van der Waals surface area contributed by atoms with Gasteiger partial charge in [0.2, 0.25) is 0 Å². The van der Waals surface area contributed by atoms with E-state index < -0.39 is 0 Å². The molecule has 1 aromatic rings. The van der Waals surface area contributed by atoms with E-state index in [0.29, 0.717) is 0 Å². The number of hydrogen-bond donors (Lipinski definition) is 1. The Bertz CT molecular complexity index is 458. The number of pyridine rings is 1. The maximum Gasteiger partial charge on any atom is 0.129 e. The Balaban J connectivity index is 1.89. The Morgan fingerprint density at radius 3 is 2.90 bits per heavy atom. The molecule has 0 spiro atoms. The summed E-state index contributed by atoms with van der Waals surface area (Å²) in [5, 5.41) is 3.27. The van der Waals surface area contributed by atoms with Gasteiger partial charge in [0.1, 0.15) is 5.82 Å². The lowest BCUT2D eigenvalue weighted by Crippen LogP contribution is -2.43. The van der Waals surface area contributed by atoms with Crippen molar-refractivity contribution < 1.29 is 0 Å². The third-order valence-electron chi connectivity index (χ3n) is 4.96. The number of nitrogens with zero attached hydrogens (tertiary/aromatic N) is 2. The fraction of sp³-hybridized carbons (Fsp3) is 0.706. The molecule has 2 heterocycles. The van der Waals surface area contributed by atoms with E-state index in [9.17, 15) is 0 Å². The molecule has 1 N–H and O–H groups in total. The molecule has 1 aromatic heterocycles. The van der Waals surface area contributed by atoms with Gasteiger partial charge >= 0.3 is 0 Å². The summed E-state index contributed by atoms with van der Waals surface area (Å²) in [5.41, 5.74) is 2.60. The largest absolute Gasteiger partial charge is 0.353 e. The number of nitrogens with one attached hydrogen (secondary N) is 1. The number of aryl methyl sites for hydroxylation is 1. The van der Waals surface area contributed by atoms with Crippen LogP contribution in [-0.4, -0.2) is 24.6 Å². The molecule has 1 aliphatic heterocycles. The summed E-state index contributed by atoms with van der Waals surface area (Å²) in [4.78, 5) is 7.53. The molecule has 3 nitrogen and oxygen atoms in total. The average Bonchev–Trinajstić information content (AvgIpc) is 2.95. The molecule has 110 valence electrons. The van der Waals surface area contributed by atoms with Gasteiger partial charge < -0.3 is 10.2 Å². The molecule has 1 saturated heterocycles. The second kappa shape index (κ2) is 6.13. The first kappa shape index (κ1) is 13.9. The maximum absolute atomic E-state index is 4.92. The summed E-state index contributed by atoms with van der Waals surface area (Å²) in [6, 6.07) is 5.30. The molecule has 0 amide bonds. The van der Waals surface area contributed by atoms with Crippen LogP contribution in [0.1, 0.15) is 50.3 Å². The van der Waals surface area contributed by atoms with Gasteiger partial charge in [-0.1, -0.05) is 13.3 Å². The Labute approximate surface area is 122 Å². The van der Waals surface area contributed by atoms with Crippen LogP contribution in [0.15, 0.2) is 12.1 Å². The van der Waals surface area contributed by atoms with E-state index in [1.807, 2.05) is 7.05 Å². The van der Waals surface area contributed by atoms with Gasteiger partial charge in [0, 0.05) is 24.8 Å². The van der Waals surface area contributed by atoms with Crippen molar-refractivity contribution in [1.82, 2.24) is 10.3 Å². The summed E-state index contributed by atoms with van der Waals surface area (Å²) >= 11 is 0. The second-order valence-electron chi connectivity index (χ2n) is 6.30. The topological polar surface area (TPSA) is 28.2 Å². The molecule has 0 radical (unpaired) electrons. The van der Waals surface area contributed by atoms with Gasteiger partial charge in [-0.3, -0.25) is 0 Å². The molecule has 1 saturated carbocycles. The predicted octanol–water partition coefficient (Wildman–Crippen LogP) is 3.13. The molecule has 1 aliphatic carbocycles. The molecule has 20 heavy (non-hydrogen) atoms. The fourth-order valence-electron chi connectivity index (χ4n) is 4.01. The van der Waals surface area contributed by atoms with Crippen molar-refractivity contribution in [3.8, 4) is 0 Å². The monoisotopic (exact) mass is 273 g/mol. The minimum Gasteiger partial charge on any atom is -0.353 e. The Morgan fingerprint density at radius 2 is 2.10 bits per heavy atom. The van der Waals surface area contributed by atoms with E-state index in [-0.39, 0.29) is 0 Å². The van der Waals surface area contributed by atoms with E-state index in [0.717, 1.165) is 24.9 Å². The summed E-state index contributed by atoms with van der Waals surface area (Å²) in [7, 11) is 2.01. The highest BCUT2D eigenvalue weighted by Gasteiger charge is 2.35. The number of rotatable bonds is 4. The first-order chi connectivity index (χ1) is 9.81. The van der Waals surface area contributed by atoms with E-state index in [1.165, 1.54) is 55.7 Å². The molecule has 2 fully saturated rings. The summed E-state index contributed by atoms with van der Waals surface area (Å²) in [6.45, 7) is 4.33. The van der Waals surface area contributed by atoms with Crippen LogP contribution in [0.4, 0.5) is 5.82 Å². The number of piperidine rings is 1. The van der Waals surface area contributed by atoms with Gasteiger partial charge in [-0.2, -0.15) is 0 Å². The van der Waals surface area contributed by atoms with Gasteiger partial charge in [-0.15, -0.1) is 0 Å². The number of hydrogen-bond acceptors (Lipinski definition) is 3. The number of aromatic nitrogens is 1. The Hall–Kier alpha value is -1.09. The van der Waals surface area contributed by atoms with Crippen LogP contribution in [0.2, 0.25) is 0 Å². The summed E-state index contributed by atoms with van der Waals surface area (Å²) in [6.07, 6.45) is 7.98. The molecular formula is C17H27N3. The van der Waals surface area contributed by atoms with Crippen molar-refractivity contribution in [2.24, 2.45) is 5.92 Å². The second-order valence-corrected chi connectivity index (χ2v) is 6.30. The first-order valence-electron chi connectivity index (χ1n) is 8.23. The molecule has 3 heteroatoms. The van der Waals surface area contributed by atoms with Crippen molar-refractivity contribution >= 4 is 5.82 Å². The molecular weight excluding hydrogens is 246 g/mol. The van der Waals surface area contributed by atoms with E-state index in [4.69, 9.17) is 4.98 Å². The first-order valence-corrected chi connectivity index (χ1v) is 8.23. The molecule has 2 aliphatic rings. The van der Waals surface area contributed by atoms with Gasteiger partial charge in [-0.05, 0) is 62.8 Å². The lowest BCUT2D eigenvalue weighted by molar-refractivity contribution is 0.360. The quantitative estimate of drug-likeness (QED) is 0.913. The smallest absolute Gasteiger partial charge is 0.129 e. The Kier molecular flexibility index (Phi) is 4.25. The van der Waals surface area contributed by atoms with E-state index >= 15 is 0 Å². The normalized spacial score (nSPS) is 25.8. The standard InChI is InChI=1S/C17H27N3/c1-3-15-10-13(12-18-2)11-17(19-15)20-9-5-7-14-6-4-8-16(14)20/h10-11,14,16,18H,3-9,12H2,1-2H3. The zero-order valence-electron chi connectivity index (χ0n) is 12.9. The Morgan fingerprint density at radius 1 is 1.25 bits per heavy atom. The van der Waals surface area contributed by atoms with Gasteiger partial charge in [0.05, 0.1) is 0 Å². The van der Waals surface area contributed by atoms with Crippen molar-refractivity contribution in [3.63, 3.8) is 0 Å². The van der Waals surface area contributed by atoms with Crippen LogP contribution in [0.5, 0.6) is 0 Å². The highest BCUT2D eigenvalue weighted by molar-refractivity contribution is 5.45. The summed E-state index contributed by atoms with van der Waals surface area (Å²) in [5.74, 6) is 2.15. The number of fused-ring (bicyclic) bond motifs is 1. The van der Waals surface area contributed by atoms with Crippen LogP contribution in [0.3, 0.4) is 0 Å². The zero-order valence-corrected chi connectivity index (χ0v) is 12.9. The van der Waals surface area contributed by atoms with Crippen molar-refractivity contribution in [2.75, 3.05) is 18.5 Å². The van der Waals surface area contributed by atoms with Gasteiger partial charge in [0.25, 0.3) is 0 Å². The van der Waals surface area contributed by atoms with Crippen LogP contribution in [0, 0.1) is 5.92 Å². The van der Waals surface area contributed by atoms with Crippen molar-refractivity contribution in [2.45, 2.75) is 58.0 Å². The maximum atomic E-state index is 4.92. The third kappa shape index (κ3) is 2.69. The average molecular weight is 273 g/mol. The predicted molar refractivity (Wildman–Crippen MR) is 84.1 cm³/mol. The third-order valence-corrected chi connectivity index (χ3v) is 4.96. The molecule has 3 rings (SSSR count). The van der Waals surface area contributed by atoms with Crippen LogP contribution in [0.25, 0.3) is 0 Å². The summed E-state index contributed by atoms with van der Waals surface area (Å²) < 4.78 is 0. The highest BCUT2D eigenvalue weighted by atomic mass is 15.2. The molecule has 2 atom stereocenters. The highest BCUT2D eigenvalue weighted by Crippen LogP contribution is 2.38. The fourth-order valence-corrected chi connectivity index (χ4v) is 4.01. The lowest BCUT2D eigenvalue weighted by atomic mass is 9.92. The molecule has 2 unspecified atom stereocenters. The van der Waals surface area contributed by atoms with Crippen molar-refractivity contribution in [1.29, 1.82) is 0 Å².